The van der Waals surface area contributed by atoms with Crippen LogP contribution in [-0.4, -0.2) is 10.9 Å². The van der Waals surface area contributed by atoms with E-state index in [0.717, 1.165) is 15.7 Å². The van der Waals surface area contributed by atoms with E-state index in [0.29, 0.717) is 5.82 Å². The summed E-state index contributed by atoms with van der Waals surface area (Å²) < 4.78 is 1.11. The zero-order valence-corrected chi connectivity index (χ0v) is 11.3. The summed E-state index contributed by atoms with van der Waals surface area (Å²) in [5.41, 5.74) is 0.942. The third kappa shape index (κ3) is 3.44. The first-order chi connectivity index (χ1) is 7.04. The number of rotatable bonds is 3. The number of carbonyl (C=O) groups excluding carboxylic acids is 1. The van der Waals surface area contributed by atoms with E-state index in [2.05, 4.69) is 32.9 Å². The Bertz CT molecular complexity index is 366. The van der Waals surface area contributed by atoms with Crippen LogP contribution in [-0.2, 0) is 4.79 Å². The number of pyridine rings is 1. The number of hydrogen-bond acceptors (Lipinski definition) is 2. The maximum atomic E-state index is 11.6. The molecule has 0 saturated heterocycles. The van der Waals surface area contributed by atoms with Gasteiger partial charge in [-0.05, 0) is 48.1 Å². The summed E-state index contributed by atoms with van der Waals surface area (Å²) in [5, 5.41) is 2.81. The minimum absolute atomic E-state index is 0.0330. The molecule has 0 aliphatic heterocycles. The highest BCUT2D eigenvalue weighted by molar-refractivity contribution is 14.1. The third-order valence-electron chi connectivity index (χ3n) is 2.33. The van der Waals surface area contributed by atoms with Crippen molar-refractivity contribution in [3.63, 3.8) is 0 Å². The molecule has 82 valence electrons. The second-order valence-corrected chi connectivity index (χ2v) is 4.72. The van der Waals surface area contributed by atoms with Gasteiger partial charge in [0, 0.05) is 9.49 Å². The van der Waals surface area contributed by atoms with Crippen molar-refractivity contribution in [1.29, 1.82) is 0 Å². The van der Waals surface area contributed by atoms with Crippen LogP contribution in [0.2, 0.25) is 0 Å². The van der Waals surface area contributed by atoms with Crippen LogP contribution in [0.3, 0.4) is 0 Å². The molecule has 1 aromatic rings. The summed E-state index contributed by atoms with van der Waals surface area (Å²) >= 11 is 2.22. The topological polar surface area (TPSA) is 42.0 Å². The zero-order valence-electron chi connectivity index (χ0n) is 9.17. The summed E-state index contributed by atoms with van der Waals surface area (Å²) in [6.07, 6.45) is 0.842. The number of nitrogens with zero attached hydrogens (tertiary/aromatic N) is 1. The molecule has 0 radical (unpaired) electrons. The standard InChI is InChI=1S/C11H15IN2O/c1-4-7(2)11(15)14-10-6-5-9(12)8(3)13-10/h5-7H,4H2,1-3H3,(H,13,14,15)/t7-/m0/s1. The Labute approximate surface area is 104 Å². The van der Waals surface area contributed by atoms with Crippen LogP contribution in [0.1, 0.15) is 26.0 Å². The highest BCUT2D eigenvalue weighted by Gasteiger charge is 2.11. The van der Waals surface area contributed by atoms with Crippen molar-refractivity contribution in [1.82, 2.24) is 4.98 Å². The Morgan fingerprint density at radius 2 is 2.27 bits per heavy atom. The summed E-state index contributed by atoms with van der Waals surface area (Å²) in [6.45, 7) is 5.84. The second kappa shape index (κ2) is 5.44. The fraction of sp³-hybridized carbons (Fsp3) is 0.455. The summed E-state index contributed by atoms with van der Waals surface area (Å²) in [7, 11) is 0. The van der Waals surface area contributed by atoms with Crippen molar-refractivity contribution in [2.45, 2.75) is 27.2 Å². The van der Waals surface area contributed by atoms with Gasteiger partial charge in [-0.2, -0.15) is 0 Å². The maximum Gasteiger partial charge on any atom is 0.228 e. The SMILES string of the molecule is CC[C@H](C)C(=O)Nc1ccc(I)c(C)n1. The van der Waals surface area contributed by atoms with E-state index >= 15 is 0 Å². The second-order valence-electron chi connectivity index (χ2n) is 3.56. The van der Waals surface area contributed by atoms with E-state index in [-0.39, 0.29) is 11.8 Å². The van der Waals surface area contributed by atoms with Crippen molar-refractivity contribution in [3.8, 4) is 0 Å². The van der Waals surface area contributed by atoms with E-state index in [1.165, 1.54) is 0 Å². The molecule has 0 aliphatic rings. The van der Waals surface area contributed by atoms with Gasteiger partial charge in [-0.1, -0.05) is 13.8 Å². The Morgan fingerprint density at radius 3 is 2.80 bits per heavy atom. The largest absolute Gasteiger partial charge is 0.310 e. The quantitative estimate of drug-likeness (QED) is 0.871. The summed E-state index contributed by atoms with van der Waals surface area (Å²) in [4.78, 5) is 15.9. The van der Waals surface area contributed by atoms with E-state index < -0.39 is 0 Å². The van der Waals surface area contributed by atoms with Crippen LogP contribution in [0.25, 0.3) is 0 Å². The molecule has 1 atom stereocenters. The Morgan fingerprint density at radius 1 is 1.60 bits per heavy atom. The molecule has 1 amide bonds. The van der Waals surface area contributed by atoms with Crippen molar-refractivity contribution in [3.05, 3.63) is 21.4 Å². The molecule has 0 aliphatic carbocycles. The van der Waals surface area contributed by atoms with Crippen LogP contribution < -0.4 is 5.32 Å². The van der Waals surface area contributed by atoms with Crippen LogP contribution in [0.4, 0.5) is 5.82 Å². The molecular formula is C11H15IN2O. The first-order valence-corrected chi connectivity index (χ1v) is 6.06. The number of aromatic nitrogens is 1. The van der Waals surface area contributed by atoms with E-state index in [1.54, 1.807) is 0 Å². The highest BCUT2D eigenvalue weighted by Crippen LogP contribution is 2.13. The molecule has 0 unspecified atom stereocenters. The molecule has 0 bridgehead atoms. The van der Waals surface area contributed by atoms with Gasteiger partial charge in [0.05, 0.1) is 5.69 Å². The van der Waals surface area contributed by atoms with Gasteiger partial charge in [0.15, 0.2) is 0 Å². The first kappa shape index (κ1) is 12.4. The lowest BCUT2D eigenvalue weighted by Gasteiger charge is -2.09. The molecule has 0 fully saturated rings. The number of halogens is 1. The summed E-state index contributed by atoms with van der Waals surface area (Å²) in [6, 6.07) is 3.78. The highest BCUT2D eigenvalue weighted by atomic mass is 127. The molecule has 1 aromatic heterocycles. The minimum atomic E-state index is 0.0330. The predicted octanol–water partition coefficient (Wildman–Crippen LogP) is 2.98. The minimum Gasteiger partial charge on any atom is -0.310 e. The van der Waals surface area contributed by atoms with E-state index in [9.17, 15) is 4.79 Å². The number of anilines is 1. The monoisotopic (exact) mass is 318 g/mol. The van der Waals surface area contributed by atoms with Gasteiger partial charge in [0.25, 0.3) is 0 Å². The molecule has 0 saturated carbocycles. The average molecular weight is 318 g/mol. The third-order valence-corrected chi connectivity index (χ3v) is 3.47. The van der Waals surface area contributed by atoms with Gasteiger partial charge in [0.2, 0.25) is 5.91 Å². The van der Waals surface area contributed by atoms with E-state index in [4.69, 9.17) is 0 Å². The van der Waals surface area contributed by atoms with Gasteiger partial charge in [-0.15, -0.1) is 0 Å². The van der Waals surface area contributed by atoms with Gasteiger partial charge in [-0.3, -0.25) is 4.79 Å². The van der Waals surface area contributed by atoms with Crippen molar-refractivity contribution >= 4 is 34.3 Å². The fourth-order valence-corrected chi connectivity index (χ4v) is 1.35. The first-order valence-electron chi connectivity index (χ1n) is 4.98. The zero-order chi connectivity index (χ0) is 11.4. The molecule has 1 rings (SSSR count). The predicted molar refractivity (Wildman–Crippen MR) is 69.8 cm³/mol. The Kier molecular flexibility index (Phi) is 4.50. The van der Waals surface area contributed by atoms with Crippen LogP contribution in [0.5, 0.6) is 0 Å². The van der Waals surface area contributed by atoms with Gasteiger partial charge >= 0.3 is 0 Å². The smallest absolute Gasteiger partial charge is 0.228 e. The average Bonchev–Trinajstić information content (AvgIpc) is 2.22. The van der Waals surface area contributed by atoms with E-state index in [1.807, 2.05) is 32.9 Å². The van der Waals surface area contributed by atoms with Gasteiger partial charge in [0.1, 0.15) is 5.82 Å². The van der Waals surface area contributed by atoms with Crippen molar-refractivity contribution in [2.75, 3.05) is 5.32 Å². The summed E-state index contributed by atoms with van der Waals surface area (Å²) in [5.74, 6) is 0.704. The van der Waals surface area contributed by atoms with Crippen LogP contribution in [0.15, 0.2) is 12.1 Å². The Hall–Kier alpha value is -0.650. The molecule has 0 aromatic carbocycles. The van der Waals surface area contributed by atoms with Crippen molar-refractivity contribution in [2.24, 2.45) is 5.92 Å². The lowest BCUT2D eigenvalue weighted by atomic mass is 10.1. The number of hydrogen-bond donors (Lipinski definition) is 1. The number of carbonyl (C=O) groups is 1. The molecule has 1 N–H and O–H groups in total. The molecule has 3 nitrogen and oxygen atoms in total. The molecular weight excluding hydrogens is 303 g/mol. The molecule has 1 heterocycles. The van der Waals surface area contributed by atoms with Crippen molar-refractivity contribution < 1.29 is 4.79 Å². The molecule has 15 heavy (non-hydrogen) atoms. The van der Waals surface area contributed by atoms with Gasteiger partial charge in [-0.25, -0.2) is 4.98 Å². The van der Waals surface area contributed by atoms with Gasteiger partial charge < -0.3 is 5.32 Å². The molecule has 4 heteroatoms. The van der Waals surface area contributed by atoms with Crippen LogP contribution in [0, 0.1) is 16.4 Å². The number of amides is 1. The molecule has 0 spiro atoms. The Balaban J connectivity index is 2.73. The van der Waals surface area contributed by atoms with Crippen LogP contribution >= 0.6 is 22.6 Å². The lowest BCUT2D eigenvalue weighted by molar-refractivity contribution is -0.119. The maximum absolute atomic E-state index is 11.6. The lowest BCUT2D eigenvalue weighted by Crippen LogP contribution is -2.20. The number of nitrogens with one attached hydrogen (secondary N) is 1. The number of aryl methyl sites for hydroxylation is 1. The normalized spacial score (nSPS) is 12.3. The fourth-order valence-electron chi connectivity index (χ4n) is 1.05.